The van der Waals surface area contributed by atoms with Gasteiger partial charge in [-0.3, -0.25) is 4.90 Å². The summed E-state index contributed by atoms with van der Waals surface area (Å²) in [6, 6.07) is 14.6. The molecule has 2 amide bonds. The van der Waals surface area contributed by atoms with Crippen molar-refractivity contribution in [1.82, 2.24) is 10.4 Å². The van der Waals surface area contributed by atoms with E-state index in [0.29, 0.717) is 24.2 Å². The predicted molar refractivity (Wildman–Crippen MR) is 145 cm³/mol. The van der Waals surface area contributed by atoms with Crippen LogP contribution in [0.15, 0.2) is 48.5 Å². The lowest BCUT2D eigenvalue weighted by molar-refractivity contribution is -0.231. The summed E-state index contributed by atoms with van der Waals surface area (Å²) in [6.07, 6.45) is -0.992. The van der Waals surface area contributed by atoms with E-state index in [4.69, 9.17) is 25.2 Å². The molecule has 2 aromatic carbocycles. The number of hydrogen-bond donors (Lipinski definition) is 5. The highest BCUT2D eigenvalue weighted by molar-refractivity contribution is 5.73. The quantitative estimate of drug-likeness (QED) is 0.210. The molecule has 0 saturated heterocycles. The average molecular weight is 548 g/mol. The Balaban J connectivity index is 2.25. The van der Waals surface area contributed by atoms with Gasteiger partial charge in [-0.25, -0.2) is 9.59 Å². The highest BCUT2D eigenvalue weighted by Crippen LogP contribution is 2.29. The molecule has 0 fully saturated rings. The number of benzene rings is 2. The second-order valence-corrected chi connectivity index (χ2v) is 10.4. The number of carbonyl (C=O) groups is 2. The largest absolute Gasteiger partial charge is 0.491 e. The molecule has 0 saturated carbocycles. The Morgan fingerprint density at radius 3 is 2.03 bits per heavy atom. The standard InChI is InChI=1S/C28H41N3O8/c1-6-7-16-31(25(34)39-30-24(33)38-26(2,3)4)28(29,27(5,35)36)19-20-8-10-21(11-9-20)22-12-14-23(15-13-22)37-18-17-32/h8-15,32,35-36H,6-7,16-19,29H2,1-5H3,(H,30,33). The maximum absolute atomic E-state index is 13.0. The van der Waals surface area contributed by atoms with Crippen LogP contribution < -0.4 is 16.0 Å². The SMILES string of the molecule is CCCCN(C(=O)ONC(=O)OC(C)(C)C)C(N)(Cc1ccc(-c2ccc(OCCO)cc2)cc1)C(C)(O)O. The summed E-state index contributed by atoms with van der Waals surface area (Å²) in [7, 11) is 0. The van der Waals surface area contributed by atoms with E-state index in [2.05, 4.69) is 0 Å². The van der Waals surface area contributed by atoms with E-state index < -0.39 is 29.2 Å². The molecule has 0 bridgehead atoms. The number of nitrogens with one attached hydrogen (secondary N) is 1. The number of unbranched alkanes of at least 4 members (excludes halogenated alkanes) is 1. The third-order valence-corrected chi connectivity index (χ3v) is 5.85. The van der Waals surface area contributed by atoms with Gasteiger partial charge in [-0.1, -0.05) is 49.7 Å². The maximum atomic E-state index is 13.0. The topological polar surface area (TPSA) is 164 Å². The number of carbonyl (C=O) groups excluding carboxylic acids is 2. The van der Waals surface area contributed by atoms with Gasteiger partial charge in [0, 0.05) is 13.0 Å². The molecule has 2 aromatic rings. The van der Waals surface area contributed by atoms with Gasteiger partial charge in [-0.2, -0.15) is 0 Å². The summed E-state index contributed by atoms with van der Waals surface area (Å²) in [5.74, 6) is -1.89. The number of nitrogens with zero attached hydrogens (tertiary/aromatic N) is 1. The van der Waals surface area contributed by atoms with E-state index in [1.807, 2.05) is 36.7 Å². The van der Waals surface area contributed by atoms with Crippen molar-refractivity contribution < 1.29 is 39.2 Å². The van der Waals surface area contributed by atoms with Crippen molar-refractivity contribution in [3.8, 4) is 16.9 Å². The minimum atomic E-state index is -2.53. The van der Waals surface area contributed by atoms with Gasteiger partial charge in [0.1, 0.15) is 18.0 Å². The van der Waals surface area contributed by atoms with Crippen LogP contribution in [0, 0.1) is 0 Å². The summed E-state index contributed by atoms with van der Waals surface area (Å²) >= 11 is 0. The second-order valence-electron chi connectivity index (χ2n) is 10.4. The average Bonchev–Trinajstić information content (AvgIpc) is 2.85. The normalized spacial score (nSPS) is 13.3. The maximum Gasteiger partial charge on any atom is 0.441 e. The van der Waals surface area contributed by atoms with Crippen LogP contribution in [0.2, 0.25) is 0 Å². The van der Waals surface area contributed by atoms with Crippen molar-refractivity contribution in [2.75, 3.05) is 19.8 Å². The first-order chi connectivity index (χ1) is 18.2. The Bertz CT molecular complexity index is 1060. The Kier molecular flexibility index (Phi) is 11.1. The van der Waals surface area contributed by atoms with Crippen LogP contribution in [0.1, 0.15) is 53.0 Å². The highest BCUT2D eigenvalue weighted by atomic mass is 16.7. The van der Waals surface area contributed by atoms with Gasteiger partial charge in [-0.05, 0) is 62.9 Å². The fourth-order valence-electron chi connectivity index (χ4n) is 3.76. The molecule has 0 radical (unpaired) electrons. The number of hydroxylamine groups is 1. The molecule has 11 heteroatoms. The minimum absolute atomic E-state index is 0.0430. The summed E-state index contributed by atoms with van der Waals surface area (Å²) in [4.78, 5) is 31.0. The van der Waals surface area contributed by atoms with Gasteiger partial charge in [0.25, 0.3) is 0 Å². The molecule has 0 aromatic heterocycles. The van der Waals surface area contributed by atoms with Crippen LogP contribution in [-0.2, 0) is 16.0 Å². The molecule has 216 valence electrons. The van der Waals surface area contributed by atoms with Crippen LogP contribution in [0.5, 0.6) is 5.75 Å². The zero-order valence-corrected chi connectivity index (χ0v) is 23.3. The van der Waals surface area contributed by atoms with E-state index in [9.17, 15) is 19.8 Å². The predicted octanol–water partition coefficient (Wildman–Crippen LogP) is 3.30. The third kappa shape index (κ3) is 9.39. The molecule has 6 N–H and O–H groups in total. The van der Waals surface area contributed by atoms with Crippen LogP contribution in [0.25, 0.3) is 11.1 Å². The van der Waals surface area contributed by atoms with Crippen LogP contribution in [-0.4, -0.2) is 69.2 Å². The Hall–Kier alpha value is -3.38. The number of ether oxygens (including phenoxy) is 2. The molecule has 2 rings (SSSR count). The van der Waals surface area contributed by atoms with Gasteiger partial charge in [0.2, 0.25) is 0 Å². The summed E-state index contributed by atoms with van der Waals surface area (Å²) in [5, 5.41) is 30.3. The van der Waals surface area contributed by atoms with Crippen LogP contribution in [0.4, 0.5) is 9.59 Å². The van der Waals surface area contributed by atoms with Crippen molar-refractivity contribution in [2.45, 2.75) is 70.9 Å². The van der Waals surface area contributed by atoms with E-state index in [1.165, 1.54) is 0 Å². The van der Waals surface area contributed by atoms with E-state index in [-0.39, 0.29) is 26.2 Å². The van der Waals surface area contributed by atoms with Crippen molar-refractivity contribution in [3.63, 3.8) is 0 Å². The fraction of sp³-hybridized carbons (Fsp3) is 0.500. The lowest BCUT2D eigenvalue weighted by Gasteiger charge is -2.46. The number of rotatable bonds is 11. The molecule has 0 aliphatic carbocycles. The Morgan fingerprint density at radius 1 is 0.974 bits per heavy atom. The van der Waals surface area contributed by atoms with Crippen LogP contribution >= 0.6 is 0 Å². The van der Waals surface area contributed by atoms with Crippen molar-refractivity contribution >= 4 is 12.2 Å². The molecule has 1 unspecified atom stereocenters. The van der Waals surface area contributed by atoms with Crippen molar-refractivity contribution in [1.29, 1.82) is 0 Å². The zero-order valence-electron chi connectivity index (χ0n) is 23.3. The lowest BCUT2D eigenvalue weighted by Crippen LogP contribution is -2.72. The summed E-state index contributed by atoms with van der Waals surface area (Å²) in [5.41, 5.74) is 8.12. The molecule has 39 heavy (non-hydrogen) atoms. The number of nitrogens with two attached hydrogens (primary N) is 1. The van der Waals surface area contributed by atoms with Crippen LogP contribution in [0.3, 0.4) is 0 Å². The summed E-state index contributed by atoms with van der Waals surface area (Å²) in [6.45, 7) is 8.15. The second kappa shape index (κ2) is 13.6. The third-order valence-electron chi connectivity index (χ3n) is 5.85. The monoisotopic (exact) mass is 547 g/mol. The molecule has 0 heterocycles. The molecule has 1 atom stereocenters. The fourth-order valence-corrected chi connectivity index (χ4v) is 3.76. The Morgan fingerprint density at radius 2 is 1.54 bits per heavy atom. The Labute approximate surface area is 229 Å². The van der Waals surface area contributed by atoms with E-state index >= 15 is 0 Å². The smallest absolute Gasteiger partial charge is 0.441 e. The number of aliphatic hydroxyl groups excluding tert-OH is 1. The molecular weight excluding hydrogens is 506 g/mol. The first-order valence-electron chi connectivity index (χ1n) is 12.8. The molecular formula is C28H41N3O8. The van der Waals surface area contributed by atoms with Crippen molar-refractivity contribution in [3.05, 3.63) is 54.1 Å². The number of hydrogen-bond acceptors (Lipinski definition) is 9. The first kappa shape index (κ1) is 31.8. The summed E-state index contributed by atoms with van der Waals surface area (Å²) < 4.78 is 10.5. The zero-order chi connectivity index (χ0) is 29.3. The lowest BCUT2D eigenvalue weighted by atomic mass is 9.90. The molecule has 0 spiro atoms. The first-order valence-corrected chi connectivity index (χ1v) is 12.8. The van der Waals surface area contributed by atoms with Gasteiger partial charge < -0.3 is 35.4 Å². The van der Waals surface area contributed by atoms with Gasteiger partial charge >= 0.3 is 12.2 Å². The molecule has 0 aliphatic heterocycles. The van der Waals surface area contributed by atoms with Gasteiger partial charge in [0.15, 0.2) is 11.4 Å². The number of aliphatic hydroxyl groups is 3. The van der Waals surface area contributed by atoms with Crippen molar-refractivity contribution in [2.24, 2.45) is 5.73 Å². The van der Waals surface area contributed by atoms with E-state index in [0.717, 1.165) is 23.0 Å². The molecule has 0 aliphatic rings. The highest BCUT2D eigenvalue weighted by Gasteiger charge is 2.50. The number of amides is 2. The minimum Gasteiger partial charge on any atom is -0.491 e. The molecule has 11 nitrogen and oxygen atoms in total. The van der Waals surface area contributed by atoms with E-state index in [1.54, 1.807) is 45.0 Å². The van der Waals surface area contributed by atoms with Gasteiger partial charge in [-0.15, -0.1) is 5.48 Å². The van der Waals surface area contributed by atoms with Gasteiger partial charge in [0.05, 0.1) is 6.61 Å².